The maximum Gasteiger partial charge on any atom is 0.319 e. The summed E-state index contributed by atoms with van der Waals surface area (Å²) in [6.45, 7) is 7.46. The Labute approximate surface area is 143 Å². The lowest BCUT2D eigenvalue weighted by Gasteiger charge is -2.12. The van der Waals surface area contributed by atoms with Crippen LogP contribution < -0.4 is 20.1 Å². The first kappa shape index (κ1) is 17.7. The van der Waals surface area contributed by atoms with Gasteiger partial charge >= 0.3 is 6.03 Å². The Bertz CT molecular complexity index is 669. The van der Waals surface area contributed by atoms with Crippen molar-refractivity contribution < 1.29 is 14.3 Å². The van der Waals surface area contributed by atoms with E-state index in [2.05, 4.69) is 10.6 Å². The molecule has 2 rings (SSSR count). The van der Waals surface area contributed by atoms with Crippen molar-refractivity contribution in [3.63, 3.8) is 0 Å². The van der Waals surface area contributed by atoms with Crippen molar-refractivity contribution in [1.82, 2.24) is 5.32 Å². The number of carbonyl (C=O) groups is 1. The molecule has 0 spiro atoms. The van der Waals surface area contributed by atoms with Crippen LogP contribution in [0.3, 0.4) is 0 Å². The summed E-state index contributed by atoms with van der Waals surface area (Å²) in [7, 11) is 0. The van der Waals surface area contributed by atoms with E-state index >= 15 is 0 Å². The highest BCUT2D eigenvalue weighted by Crippen LogP contribution is 2.20. The smallest absolute Gasteiger partial charge is 0.319 e. The van der Waals surface area contributed by atoms with E-state index in [1.807, 2.05) is 51.1 Å². The SMILES string of the molecule is CCOc1ccc(NC(=O)NCCOc2cccc(C)c2C)cc1. The zero-order valence-electron chi connectivity index (χ0n) is 14.4. The third-order valence-electron chi connectivity index (χ3n) is 3.62. The number of benzene rings is 2. The fourth-order valence-electron chi connectivity index (χ4n) is 2.18. The highest BCUT2D eigenvalue weighted by Gasteiger charge is 2.04. The molecule has 0 fully saturated rings. The molecule has 0 atom stereocenters. The summed E-state index contributed by atoms with van der Waals surface area (Å²) < 4.78 is 11.1. The lowest BCUT2D eigenvalue weighted by Crippen LogP contribution is -2.32. The van der Waals surface area contributed by atoms with Gasteiger partial charge in [0.1, 0.15) is 18.1 Å². The van der Waals surface area contributed by atoms with Crippen LogP contribution in [0.25, 0.3) is 0 Å². The lowest BCUT2D eigenvalue weighted by molar-refractivity contribution is 0.247. The second kappa shape index (κ2) is 8.82. The van der Waals surface area contributed by atoms with Gasteiger partial charge in [-0.05, 0) is 62.2 Å². The number of hydrogen-bond acceptors (Lipinski definition) is 3. The summed E-state index contributed by atoms with van der Waals surface area (Å²) in [5.74, 6) is 1.63. The van der Waals surface area contributed by atoms with Crippen molar-refractivity contribution in [2.24, 2.45) is 0 Å². The number of urea groups is 1. The molecule has 0 heterocycles. The van der Waals surface area contributed by atoms with Crippen molar-refractivity contribution in [1.29, 1.82) is 0 Å². The maximum atomic E-state index is 11.8. The lowest BCUT2D eigenvalue weighted by atomic mass is 10.1. The Balaban J connectivity index is 1.72. The van der Waals surface area contributed by atoms with Crippen molar-refractivity contribution in [3.8, 4) is 11.5 Å². The number of ether oxygens (including phenoxy) is 2. The van der Waals surface area contributed by atoms with Gasteiger partial charge in [-0.25, -0.2) is 4.79 Å². The molecular formula is C19H24N2O3. The summed E-state index contributed by atoms with van der Waals surface area (Å²) in [6.07, 6.45) is 0. The summed E-state index contributed by atoms with van der Waals surface area (Å²) in [4.78, 5) is 11.8. The Morgan fingerprint density at radius 1 is 1.04 bits per heavy atom. The molecule has 0 aliphatic heterocycles. The molecule has 0 saturated carbocycles. The van der Waals surface area contributed by atoms with Crippen LogP contribution in [0.5, 0.6) is 11.5 Å². The maximum absolute atomic E-state index is 11.8. The van der Waals surface area contributed by atoms with Gasteiger partial charge in [0, 0.05) is 5.69 Å². The van der Waals surface area contributed by atoms with E-state index in [0.29, 0.717) is 25.4 Å². The summed E-state index contributed by atoms with van der Waals surface area (Å²) in [5, 5.41) is 5.54. The van der Waals surface area contributed by atoms with Crippen LogP contribution in [0, 0.1) is 13.8 Å². The fraction of sp³-hybridized carbons (Fsp3) is 0.316. The molecule has 5 heteroatoms. The van der Waals surface area contributed by atoms with E-state index in [0.717, 1.165) is 17.1 Å². The van der Waals surface area contributed by atoms with Crippen LogP contribution >= 0.6 is 0 Å². The van der Waals surface area contributed by atoms with Crippen molar-refractivity contribution in [2.45, 2.75) is 20.8 Å². The molecule has 2 aromatic carbocycles. The van der Waals surface area contributed by atoms with E-state index in [-0.39, 0.29) is 6.03 Å². The first-order valence-electron chi connectivity index (χ1n) is 8.07. The van der Waals surface area contributed by atoms with Crippen molar-refractivity contribution >= 4 is 11.7 Å². The van der Waals surface area contributed by atoms with Crippen LogP contribution in [-0.2, 0) is 0 Å². The molecule has 2 amide bonds. The van der Waals surface area contributed by atoms with E-state index in [1.54, 1.807) is 12.1 Å². The molecule has 0 unspecified atom stereocenters. The Kier molecular flexibility index (Phi) is 6.49. The molecule has 128 valence electrons. The van der Waals surface area contributed by atoms with Crippen molar-refractivity contribution in [2.75, 3.05) is 25.1 Å². The van der Waals surface area contributed by atoms with Gasteiger partial charge in [0.15, 0.2) is 0 Å². The van der Waals surface area contributed by atoms with Crippen LogP contribution in [0.1, 0.15) is 18.1 Å². The molecule has 0 aliphatic rings. The Morgan fingerprint density at radius 3 is 2.50 bits per heavy atom. The first-order chi connectivity index (χ1) is 11.6. The minimum atomic E-state index is -0.260. The number of amides is 2. The Morgan fingerprint density at radius 2 is 1.79 bits per heavy atom. The van der Waals surface area contributed by atoms with Crippen LogP contribution in [0.2, 0.25) is 0 Å². The predicted molar refractivity (Wildman–Crippen MR) is 96.0 cm³/mol. The van der Waals surface area contributed by atoms with Gasteiger partial charge in [-0.3, -0.25) is 0 Å². The molecule has 0 saturated heterocycles. The normalized spacial score (nSPS) is 10.1. The highest BCUT2D eigenvalue weighted by molar-refractivity contribution is 5.89. The third-order valence-corrected chi connectivity index (χ3v) is 3.62. The largest absolute Gasteiger partial charge is 0.494 e. The second-order valence-corrected chi connectivity index (χ2v) is 5.38. The molecule has 0 aromatic heterocycles. The second-order valence-electron chi connectivity index (χ2n) is 5.38. The number of anilines is 1. The molecule has 5 nitrogen and oxygen atoms in total. The van der Waals surface area contributed by atoms with Gasteiger partial charge in [0.05, 0.1) is 13.2 Å². The molecule has 0 aliphatic carbocycles. The topological polar surface area (TPSA) is 59.6 Å². The number of aryl methyl sites for hydroxylation is 1. The van der Waals surface area contributed by atoms with Gasteiger partial charge in [-0.1, -0.05) is 12.1 Å². The molecule has 2 aromatic rings. The number of rotatable bonds is 7. The van der Waals surface area contributed by atoms with Crippen LogP contribution in [0.4, 0.5) is 10.5 Å². The van der Waals surface area contributed by atoms with Gasteiger partial charge in [-0.15, -0.1) is 0 Å². The van der Waals surface area contributed by atoms with Crippen LogP contribution in [-0.4, -0.2) is 25.8 Å². The fourth-order valence-corrected chi connectivity index (χ4v) is 2.18. The molecule has 24 heavy (non-hydrogen) atoms. The number of carbonyl (C=O) groups excluding carboxylic acids is 1. The number of nitrogens with one attached hydrogen (secondary N) is 2. The summed E-state index contributed by atoms with van der Waals surface area (Å²) >= 11 is 0. The van der Waals surface area contributed by atoms with E-state index in [4.69, 9.17) is 9.47 Å². The molecule has 0 bridgehead atoms. The average molecular weight is 328 g/mol. The standard InChI is InChI=1S/C19H24N2O3/c1-4-23-17-10-8-16(9-11-17)21-19(22)20-12-13-24-18-7-5-6-14(2)15(18)3/h5-11H,4,12-13H2,1-3H3,(H2,20,21,22). The van der Waals surface area contributed by atoms with Gasteiger partial charge in [-0.2, -0.15) is 0 Å². The zero-order valence-corrected chi connectivity index (χ0v) is 14.4. The van der Waals surface area contributed by atoms with E-state index in [9.17, 15) is 4.79 Å². The predicted octanol–water partition coefficient (Wildman–Crippen LogP) is 3.90. The monoisotopic (exact) mass is 328 g/mol. The highest BCUT2D eigenvalue weighted by atomic mass is 16.5. The minimum Gasteiger partial charge on any atom is -0.494 e. The van der Waals surface area contributed by atoms with Crippen LogP contribution in [0.15, 0.2) is 42.5 Å². The first-order valence-corrected chi connectivity index (χ1v) is 8.07. The quantitative estimate of drug-likeness (QED) is 0.758. The summed E-state index contributed by atoms with van der Waals surface area (Å²) in [5.41, 5.74) is 3.02. The van der Waals surface area contributed by atoms with E-state index in [1.165, 1.54) is 5.56 Å². The molecule has 2 N–H and O–H groups in total. The zero-order chi connectivity index (χ0) is 17.4. The Hall–Kier alpha value is -2.69. The van der Waals surface area contributed by atoms with Gasteiger partial charge in [0.25, 0.3) is 0 Å². The van der Waals surface area contributed by atoms with Crippen molar-refractivity contribution in [3.05, 3.63) is 53.6 Å². The molecule has 0 radical (unpaired) electrons. The minimum absolute atomic E-state index is 0.260. The van der Waals surface area contributed by atoms with Gasteiger partial charge in [0.2, 0.25) is 0 Å². The summed E-state index contributed by atoms with van der Waals surface area (Å²) in [6, 6.07) is 12.9. The third kappa shape index (κ3) is 5.19. The average Bonchev–Trinajstić information content (AvgIpc) is 2.57. The van der Waals surface area contributed by atoms with E-state index < -0.39 is 0 Å². The molecular weight excluding hydrogens is 304 g/mol. The van der Waals surface area contributed by atoms with Gasteiger partial charge < -0.3 is 20.1 Å². The number of hydrogen-bond donors (Lipinski definition) is 2.